The fourth-order valence-corrected chi connectivity index (χ4v) is 2.87. The minimum absolute atomic E-state index is 0.449. The Morgan fingerprint density at radius 2 is 2.17 bits per heavy atom. The van der Waals surface area contributed by atoms with Gasteiger partial charge in [-0.05, 0) is 38.5 Å². The number of rotatable bonds is 4. The Hall–Kier alpha value is -1.42. The first-order valence-electron chi connectivity index (χ1n) is 6.07. The van der Waals surface area contributed by atoms with Gasteiger partial charge in [0.15, 0.2) is 0 Å². The van der Waals surface area contributed by atoms with Gasteiger partial charge in [0.25, 0.3) is 0 Å². The molecule has 0 radical (unpaired) electrons. The summed E-state index contributed by atoms with van der Waals surface area (Å²) in [6.07, 6.45) is 3.83. The van der Waals surface area contributed by atoms with E-state index >= 15 is 0 Å². The summed E-state index contributed by atoms with van der Waals surface area (Å²) < 4.78 is 2.20. The van der Waals surface area contributed by atoms with Crippen LogP contribution in [0.4, 0.5) is 5.69 Å². The van der Waals surface area contributed by atoms with Gasteiger partial charge in [0.05, 0.1) is 6.33 Å². The predicted octanol–water partition coefficient (Wildman–Crippen LogP) is 3.65. The molecule has 4 heteroatoms. The molecule has 0 aliphatic carbocycles. The normalized spacial score (nSPS) is 11.1. The number of nitrogens with zero attached hydrogens (tertiary/aromatic N) is 2. The molecule has 0 fully saturated rings. The van der Waals surface area contributed by atoms with Crippen LogP contribution in [0.25, 0.3) is 0 Å². The molecular formula is C14H19N3S. The van der Waals surface area contributed by atoms with Gasteiger partial charge in [-0.3, -0.25) is 0 Å². The minimum Gasteiger partial charge on any atom is -0.399 e. The van der Waals surface area contributed by atoms with Gasteiger partial charge in [-0.25, -0.2) is 4.98 Å². The molecule has 96 valence electrons. The largest absolute Gasteiger partial charge is 0.399 e. The lowest BCUT2D eigenvalue weighted by Crippen LogP contribution is -2.03. The van der Waals surface area contributed by atoms with Crippen LogP contribution in [-0.2, 0) is 5.75 Å². The maximum atomic E-state index is 5.82. The third kappa shape index (κ3) is 2.88. The number of imidazole rings is 1. The van der Waals surface area contributed by atoms with Crippen molar-refractivity contribution in [1.82, 2.24) is 9.55 Å². The molecule has 3 nitrogen and oxygen atoms in total. The van der Waals surface area contributed by atoms with E-state index in [1.54, 1.807) is 0 Å². The summed E-state index contributed by atoms with van der Waals surface area (Å²) in [4.78, 5) is 5.46. The van der Waals surface area contributed by atoms with Gasteiger partial charge in [-0.15, -0.1) is 11.8 Å². The highest BCUT2D eigenvalue weighted by molar-refractivity contribution is 7.98. The fourth-order valence-electron chi connectivity index (χ4n) is 1.83. The molecule has 1 aromatic carbocycles. The predicted molar refractivity (Wildman–Crippen MR) is 77.8 cm³/mol. The average Bonchev–Trinajstić information content (AvgIpc) is 2.79. The molecule has 0 aliphatic rings. The Balaban J connectivity index is 2.11. The Morgan fingerprint density at radius 1 is 1.39 bits per heavy atom. The molecule has 0 aliphatic heterocycles. The number of aromatic nitrogens is 2. The quantitative estimate of drug-likeness (QED) is 0.675. The molecule has 1 aromatic heterocycles. The fraction of sp³-hybridized carbons (Fsp3) is 0.357. The molecule has 0 bridgehead atoms. The Kier molecular flexibility index (Phi) is 3.97. The molecule has 0 unspecified atom stereocenters. The number of aryl methyl sites for hydroxylation is 1. The second-order valence-electron chi connectivity index (χ2n) is 4.70. The molecule has 18 heavy (non-hydrogen) atoms. The van der Waals surface area contributed by atoms with Crippen molar-refractivity contribution in [3.8, 4) is 0 Å². The maximum absolute atomic E-state index is 5.82. The zero-order valence-corrected chi connectivity index (χ0v) is 11.9. The summed E-state index contributed by atoms with van der Waals surface area (Å²) in [6, 6.07) is 6.50. The number of thioether (sulfide) groups is 1. The smallest absolute Gasteiger partial charge is 0.0950 e. The lowest BCUT2D eigenvalue weighted by molar-refractivity contribution is 0.584. The maximum Gasteiger partial charge on any atom is 0.0950 e. The molecule has 0 spiro atoms. The van der Waals surface area contributed by atoms with Crippen molar-refractivity contribution in [1.29, 1.82) is 0 Å². The summed E-state index contributed by atoms with van der Waals surface area (Å²) in [6.45, 7) is 6.45. The van der Waals surface area contributed by atoms with Gasteiger partial charge >= 0.3 is 0 Å². The third-order valence-corrected chi connectivity index (χ3v) is 4.08. The second kappa shape index (κ2) is 5.48. The van der Waals surface area contributed by atoms with Gasteiger partial charge in [-0.2, -0.15) is 0 Å². The number of nitrogen functional groups attached to an aromatic ring is 1. The molecule has 0 amide bonds. The van der Waals surface area contributed by atoms with E-state index in [1.807, 2.05) is 36.4 Å². The second-order valence-corrected chi connectivity index (χ2v) is 5.72. The Bertz CT molecular complexity index is 532. The summed E-state index contributed by atoms with van der Waals surface area (Å²) in [7, 11) is 0. The molecule has 2 rings (SSSR count). The molecule has 0 saturated heterocycles. The van der Waals surface area contributed by atoms with Crippen LogP contribution in [-0.4, -0.2) is 9.55 Å². The number of hydrogen-bond donors (Lipinski definition) is 1. The van der Waals surface area contributed by atoms with Crippen LogP contribution in [0.15, 0.2) is 35.6 Å². The number of anilines is 1. The van der Waals surface area contributed by atoms with Crippen molar-refractivity contribution >= 4 is 17.4 Å². The first kappa shape index (κ1) is 13.0. The van der Waals surface area contributed by atoms with E-state index in [4.69, 9.17) is 5.73 Å². The van der Waals surface area contributed by atoms with Crippen LogP contribution in [0.1, 0.15) is 31.1 Å². The highest BCUT2D eigenvalue weighted by atomic mass is 32.2. The van der Waals surface area contributed by atoms with Crippen molar-refractivity contribution in [3.05, 3.63) is 42.0 Å². The monoisotopic (exact) mass is 261 g/mol. The molecule has 1 heterocycles. The van der Waals surface area contributed by atoms with Crippen molar-refractivity contribution in [2.45, 2.75) is 37.5 Å². The SMILES string of the molecule is Cc1ccc(N)cc1SCc1cncn1C(C)C. The van der Waals surface area contributed by atoms with E-state index in [-0.39, 0.29) is 0 Å². The van der Waals surface area contributed by atoms with Gasteiger partial charge in [0, 0.05) is 34.3 Å². The molecular weight excluding hydrogens is 242 g/mol. The Labute approximate surface area is 112 Å². The number of nitrogens with two attached hydrogens (primary N) is 1. The van der Waals surface area contributed by atoms with Crippen molar-refractivity contribution in [2.24, 2.45) is 0 Å². The van der Waals surface area contributed by atoms with Crippen LogP contribution < -0.4 is 5.73 Å². The minimum atomic E-state index is 0.449. The van der Waals surface area contributed by atoms with Crippen molar-refractivity contribution in [2.75, 3.05) is 5.73 Å². The lowest BCUT2D eigenvalue weighted by atomic mass is 10.2. The summed E-state index contributed by atoms with van der Waals surface area (Å²) >= 11 is 1.81. The van der Waals surface area contributed by atoms with E-state index < -0.39 is 0 Å². The number of benzene rings is 1. The summed E-state index contributed by atoms with van der Waals surface area (Å²) in [5, 5.41) is 0. The zero-order valence-electron chi connectivity index (χ0n) is 11.1. The topological polar surface area (TPSA) is 43.8 Å². The molecule has 2 aromatic rings. The van der Waals surface area contributed by atoms with Gasteiger partial charge < -0.3 is 10.3 Å². The summed E-state index contributed by atoms with van der Waals surface area (Å²) in [5.41, 5.74) is 9.16. The molecule has 0 saturated carbocycles. The zero-order chi connectivity index (χ0) is 13.1. The highest BCUT2D eigenvalue weighted by Crippen LogP contribution is 2.28. The average molecular weight is 261 g/mol. The van der Waals surface area contributed by atoms with Gasteiger partial charge in [0.2, 0.25) is 0 Å². The molecule has 2 N–H and O–H groups in total. The van der Waals surface area contributed by atoms with Crippen molar-refractivity contribution in [3.63, 3.8) is 0 Å². The van der Waals surface area contributed by atoms with Gasteiger partial charge in [-0.1, -0.05) is 6.07 Å². The Morgan fingerprint density at radius 3 is 2.89 bits per heavy atom. The lowest BCUT2D eigenvalue weighted by Gasteiger charge is -2.12. The van der Waals surface area contributed by atoms with Crippen LogP contribution in [0.2, 0.25) is 0 Å². The first-order valence-corrected chi connectivity index (χ1v) is 7.06. The van der Waals surface area contributed by atoms with Crippen molar-refractivity contribution < 1.29 is 0 Å². The third-order valence-electron chi connectivity index (χ3n) is 2.89. The van der Waals surface area contributed by atoms with E-state index in [9.17, 15) is 0 Å². The van der Waals surface area contributed by atoms with Crippen LogP contribution in [0.5, 0.6) is 0 Å². The van der Waals surface area contributed by atoms with E-state index in [0.717, 1.165) is 11.4 Å². The highest BCUT2D eigenvalue weighted by Gasteiger charge is 2.07. The number of hydrogen-bond acceptors (Lipinski definition) is 3. The summed E-state index contributed by atoms with van der Waals surface area (Å²) in [5.74, 6) is 0.919. The standard InChI is InChI=1S/C14H19N3S/c1-10(2)17-9-16-7-13(17)8-18-14-6-12(15)5-4-11(14)3/h4-7,9-10H,8,15H2,1-3H3. The van der Waals surface area contributed by atoms with E-state index in [1.165, 1.54) is 16.2 Å². The van der Waals surface area contributed by atoms with Gasteiger partial charge in [0.1, 0.15) is 0 Å². The van der Waals surface area contributed by atoms with Crippen LogP contribution in [0, 0.1) is 6.92 Å². The molecule has 0 atom stereocenters. The van der Waals surface area contributed by atoms with E-state index in [2.05, 4.69) is 36.4 Å². The van der Waals surface area contributed by atoms with E-state index in [0.29, 0.717) is 6.04 Å². The van der Waals surface area contributed by atoms with Crippen LogP contribution >= 0.6 is 11.8 Å². The first-order chi connectivity index (χ1) is 8.58. The van der Waals surface area contributed by atoms with Crippen LogP contribution in [0.3, 0.4) is 0 Å².